The van der Waals surface area contributed by atoms with E-state index in [1.807, 2.05) is 26.0 Å². The predicted octanol–water partition coefficient (Wildman–Crippen LogP) is 0.565. The highest BCUT2D eigenvalue weighted by Crippen LogP contribution is 2.17. The van der Waals surface area contributed by atoms with E-state index < -0.39 is 6.04 Å². The number of piperazine rings is 1. The normalized spacial score (nSPS) is 20.2. The maximum Gasteiger partial charge on any atom is 0.243 e. The molecule has 5 nitrogen and oxygen atoms in total. The summed E-state index contributed by atoms with van der Waals surface area (Å²) < 4.78 is 0. The molecule has 2 amide bonds. The van der Waals surface area contributed by atoms with Crippen LogP contribution in [-0.4, -0.2) is 34.3 Å². The Balaban J connectivity index is 2.21. The van der Waals surface area contributed by atoms with Crippen LogP contribution in [-0.2, 0) is 16.1 Å². The van der Waals surface area contributed by atoms with Gasteiger partial charge in [0.1, 0.15) is 6.04 Å². The van der Waals surface area contributed by atoms with Crippen molar-refractivity contribution in [1.82, 2.24) is 15.2 Å². The molecule has 18 heavy (non-hydrogen) atoms. The molecule has 1 aliphatic heterocycles. The van der Waals surface area contributed by atoms with E-state index in [9.17, 15) is 9.59 Å². The van der Waals surface area contributed by atoms with Crippen molar-refractivity contribution in [2.24, 2.45) is 5.92 Å². The van der Waals surface area contributed by atoms with Crippen molar-refractivity contribution < 1.29 is 9.59 Å². The van der Waals surface area contributed by atoms with Crippen LogP contribution in [0.2, 0.25) is 0 Å². The number of rotatable bonds is 3. The van der Waals surface area contributed by atoms with Crippen LogP contribution in [0.15, 0.2) is 24.5 Å². The van der Waals surface area contributed by atoms with Crippen LogP contribution in [0.25, 0.3) is 0 Å². The summed E-state index contributed by atoms with van der Waals surface area (Å²) in [6.45, 7) is 4.41. The third-order valence-electron chi connectivity index (χ3n) is 3.05. The molecular weight excluding hydrogens is 230 g/mol. The zero-order valence-electron chi connectivity index (χ0n) is 10.6. The molecule has 0 saturated carbocycles. The average Bonchev–Trinajstić information content (AvgIpc) is 2.35. The first-order valence-electron chi connectivity index (χ1n) is 6.05. The first-order valence-corrected chi connectivity index (χ1v) is 6.05. The number of carbonyl (C=O) groups is 2. The molecule has 0 spiro atoms. The third-order valence-corrected chi connectivity index (χ3v) is 3.05. The van der Waals surface area contributed by atoms with Crippen LogP contribution in [0.5, 0.6) is 0 Å². The molecule has 1 unspecified atom stereocenters. The molecule has 0 aliphatic carbocycles. The van der Waals surface area contributed by atoms with Crippen molar-refractivity contribution >= 4 is 11.8 Å². The van der Waals surface area contributed by atoms with Crippen molar-refractivity contribution in [2.45, 2.75) is 26.4 Å². The highest BCUT2D eigenvalue weighted by Gasteiger charge is 2.36. The molecule has 0 bridgehead atoms. The van der Waals surface area contributed by atoms with Gasteiger partial charge in [0.15, 0.2) is 0 Å². The maximum atomic E-state index is 11.9. The van der Waals surface area contributed by atoms with Crippen molar-refractivity contribution in [2.75, 3.05) is 6.54 Å². The number of carbonyl (C=O) groups excluding carboxylic acids is 2. The molecule has 0 radical (unpaired) electrons. The fourth-order valence-electron chi connectivity index (χ4n) is 2.20. The summed E-state index contributed by atoms with van der Waals surface area (Å²) in [4.78, 5) is 29.5. The second-order valence-corrected chi connectivity index (χ2v) is 4.79. The molecule has 1 aliphatic rings. The Morgan fingerprint density at radius 3 is 2.89 bits per heavy atom. The second kappa shape index (κ2) is 5.16. The first-order chi connectivity index (χ1) is 8.59. The van der Waals surface area contributed by atoms with Gasteiger partial charge in [0.2, 0.25) is 11.8 Å². The number of amides is 2. The Kier molecular flexibility index (Phi) is 3.60. The molecule has 0 aromatic carbocycles. The summed E-state index contributed by atoms with van der Waals surface area (Å²) >= 11 is 0. The lowest BCUT2D eigenvalue weighted by Crippen LogP contribution is -2.59. The quantitative estimate of drug-likeness (QED) is 0.849. The molecule has 1 aromatic rings. The number of nitrogens with zero attached hydrogens (tertiary/aromatic N) is 2. The number of aromatic nitrogens is 1. The van der Waals surface area contributed by atoms with Crippen LogP contribution in [0.4, 0.5) is 0 Å². The van der Waals surface area contributed by atoms with E-state index in [1.54, 1.807) is 17.3 Å². The molecule has 2 rings (SSSR count). The Morgan fingerprint density at radius 1 is 1.50 bits per heavy atom. The molecular formula is C13H17N3O2. The van der Waals surface area contributed by atoms with Crippen LogP contribution in [0, 0.1) is 5.92 Å². The van der Waals surface area contributed by atoms with Gasteiger partial charge in [-0.05, 0) is 17.5 Å². The second-order valence-electron chi connectivity index (χ2n) is 4.79. The lowest BCUT2D eigenvalue weighted by molar-refractivity contribution is -0.148. The molecule has 1 aromatic heterocycles. The molecule has 96 valence electrons. The van der Waals surface area contributed by atoms with Gasteiger partial charge in [-0.2, -0.15) is 0 Å². The largest absolute Gasteiger partial charge is 0.345 e. The summed E-state index contributed by atoms with van der Waals surface area (Å²) in [5, 5.41) is 2.63. The molecule has 1 fully saturated rings. The molecule has 5 heteroatoms. The van der Waals surface area contributed by atoms with E-state index in [2.05, 4.69) is 10.3 Å². The fraction of sp³-hybridized carbons (Fsp3) is 0.462. The minimum absolute atomic E-state index is 0.0443. The lowest BCUT2D eigenvalue weighted by Gasteiger charge is -2.37. The van der Waals surface area contributed by atoms with Gasteiger partial charge in [-0.1, -0.05) is 19.9 Å². The Hall–Kier alpha value is -1.91. The van der Waals surface area contributed by atoms with Gasteiger partial charge in [0.05, 0.1) is 6.54 Å². The first kappa shape index (κ1) is 12.5. The number of hydrogen-bond acceptors (Lipinski definition) is 3. The Bertz CT molecular complexity index is 445. The van der Waals surface area contributed by atoms with E-state index in [0.717, 1.165) is 5.56 Å². The summed E-state index contributed by atoms with van der Waals surface area (Å²) in [6.07, 6.45) is 3.41. The topological polar surface area (TPSA) is 62.3 Å². The van der Waals surface area contributed by atoms with Crippen molar-refractivity contribution in [1.29, 1.82) is 0 Å². The maximum absolute atomic E-state index is 11.9. The fourth-order valence-corrected chi connectivity index (χ4v) is 2.20. The molecule has 1 saturated heterocycles. The van der Waals surface area contributed by atoms with Gasteiger partial charge in [-0.3, -0.25) is 14.6 Å². The van der Waals surface area contributed by atoms with Gasteiger partial charge >= 0.3 is 0 Å². The van der Waals surface area contributed by atoms with Gasteiger partial charge in [-0.15, -0.1) is 0 Å². The minimum Gasteiger partial charge on any atom is -0.345 e. The molecule has 1 N–H and O–H groups in total. The monoisotopic (exact) mass is 247 g/mol. The summed E-state index contributed by atoms with van der Waals surface area (Å²) in [7, 11) is 0. The van der Waals surface area contributed by atoms with E-state index >= 15 is 0 Å². The van der Waals surface area contributed by atoms with E-state index in [4.69, 9.17) is 0 Å². The van der Waals surface area contributed by atoms with Crippen LogP contribution in [0.1, 0.15) is 19.4 Å². The number of pyridine rings is 1. The lowest BCUT2D eigenvalue weighted by atomic mass is 9.99. The zero-order chi connectivity index (χ0) is 13.1. The highest BCUT2D eigenvalue weighted by molar-refractivity contribution is 5.94. The Labute approximate surface area is 106 Å². The SMILES string of the molecule is CC(C)C1C(=O)NCC(=O)N1Cc1cccnc1. The average molecular weight is 247 g/mol. The summed E-state index contributed by atoms with van der Waals surface area (Å²) in [5.74, 6) is -0.0310. The number of nitrogens with one attached hydrogen (secondary N) is 1. The third kappa shape index (κ3) is 2.50. The summed E-state index contributed by atoms with van der Waals surface area (Å²) in [5.41, 5.74) is 0.936. The molecule has 2 heterocycles. The number of hydrogen-bond donors (Lipinski definition) is 1. The van der Waals surface area contributed by atoms with Gasteiger partial charge in [-0.25, -0.2) is 0 Å². The molecule has 1 atom stereocenters. The van der Waals surface area contributed by atoms with Gasteiger partial charge in [0, 0.05) is 18.9 Å². The van der Waals surface area contributed by atoms with Crippen molar-refractivity contribution in [3.63, 3.8) is 0 Å². The highest BCUT2D eigenvalue weighted by atomic mass is 16.2. The van der Waals surface area contributed by atoms with Gasteiger partial charge in [0.25, 0.3) is 0 Å². The van der Waals surface area contributed by atoms with Crippen molar-refractivity contribution in [3.8, 4) is 0 Å². The van der Waals surface area contributed by atoms with Crippen LogP contribution < -0.4 is 5.32 Å². The predicted molar refractivity (Wildman–Crippen MR) is 66.4 cm³/mol. The smallest absolute Gasteiger partial charge is 0.243 e. The van der Waals surface area contributed by atoms with E-state index in [1.165, 1.54) is 0 Å². The standard InChI is InChI=1S/C13H17N3O2/c1-9(2)12-13(18)15-7-11(17)16(12)8-10-4-3-5-14-6-10/h3-6,9,12H,7-8H2,1-2H3,(H,15,18). The minimum atomic E-state index is -0.397. The van der Waals surface area contributed by atoms with Crippen molar-refractivity contribution in [3.05, 3.63) is 30.1 Å². The van der Waals surface area contributed by atoms with Crippen LogP contribution >= 0.6 is 0 Å². The van der Waals surface area contributed by atoms with Crippen LogP contribution in [0.3, 0.4) is 0 Å². The van der Waals surface area contributed by atoms with Gasteiger partial charge < -0.3 is 10.2 Å². The van der Waals surface area contributed by atoms with E-state index in [0.29, 0.717) is 6.54 Å². The summed E-state index contributed by atoms with van der Waals surface area (Å²) in [6, 6.07) is 3.34. The zero-order valence-corrected chi connectivity index (χ0v) is 10.6. The van der Waals surface area contributed by atoms with E-state index in [-0.39, 0.29) is 24.3 Å². The Morgan fingerprint density at radius 2 is 2.28 bits per heavy atom.